The second kappa shape index (κ2) is 8.38. The van der Waals surface area contributed by atoms with Crippen LogP contribution in [0, 0.1) is 19.7 Å². The lowest BCUT2D eigenvalue weighted by molar-refractivity contribution is 0.102. The zero-order valence-electron chi connectivity index (χ0n) is 16.3. The molecule has 0 unspecified atom stereocenters. The van der Waals surface area contributed by atoms with Gasteiger partial charge in [0.2, 0.25) is 0 Å². The van der Waals surface area contributed by atoms with Gasteiger partial charge in [-0.2, -0.15) is 5.10 Å². The minimum Gasteiger partial charge on any atom is -0.298 e. The molecule has 0 aliphatic heterocycles. The highest BCUT2D eigenvalue weighted by Gasteiger charge is 2.21. The van der Waals surface area contributed by atoms with Crippen LogP contribution in [-0.4, -0.2) is 20.7 Å². The summed E-state index contributed by atoms with van der Waals surface area (Å²) >= 11 is 7.78. The predicted molar refractivity (Wildman–Crippen MR) is 118 cm³/mol. The minimum absolute atomic E-state index is 0.227. The van der Waals surface area contributed by atoms with Gasteiger partial charge in [-0.05, 0) is 31.5 Å². The van der Waals surface area contributed by atoms with Crippen molar-refractivity contribution in [1.82, 2.24) is 14.8 Å². The molecule has 0 fully saturated rings. The number of hydrogen-bond donors (Lipinski definition) is 1. The van der Waals surface area contributed by atoms with Gasteiger partial charge in [0, 0.05) is 10.9 Å². The summed E-state index contributed by atoms with van der Waals surface area (Å²) in [5.41, 5.74) is 4.59. The molecule has 0 bridgehead atoms. The predicted octanol–water partition coefficient (Wildman–Crippen LogP) is 5.72. The Morgan fingerprint density at radius 2 is 1.83 bits per heavy atom. The molecule has 0 saturated heterocycles. The van der Waals surface area contributed by atoms with Gasteiger partial charge in [0.1, 0.15) is 11.0 Å². The van der Waals surface area contributed by atoms with Gasteiger partial charge in [0.25, 0.3) is 5.91 Å². The van der Waals surface area contributed by atoms with E-state index in [0.29, 0.717) is 22.9 Å². The fourth-order valence-electron chi connectivity index (χ4n) is 3.03. The van der Waals surface area contributed by atoms with Crippen molar-refractivity contribution in [2.75, 3.05) is 5.32 Å². The SMILES string of the molecule is Cc1ccc(-c2csc(NC(=O)c3c(C)nn(Cc4ccc(F)cc4)c3Cl)n2)cc1. The number of anilines is 1. The smallest absolute Gasteiger partial charge is 0.262 e. The van der Waals surface area contributed by atoms with Crippen molar-refractivity contribution in [2.45, 2.75) is 20.4 Å². The molecule has 0 radical (unpaired) electrons. The Bertz CT molecular complexity index is 1200. The monoisotopic (exact) mass is 440 g/mol. The van der Waals surface area contributed by atoms with Gasteiger partial charge >= 0.3 is 0 Å². The first-order valence-corrected chi connectivity index (χ1v) is 10.5. The van der Waals surface area contributed by atoms with Gasteiger partial charge in [0.15, 0.2) is 5.13 Å². The maximum atomic E-state index is 13.1. The normalized spacial score (nSPS) is 10.9. The van der Waals surface area contributed by atoms with Crippen LogP contribution in [0.3, 0.4) is 0 Å². The van der Waals surface area contributed by atoms with Crippen LogP contribution in [0.1, 0.15) is 27.2 Å². The third-order valence-electron chi connectivity index (χ3n) is 4.61. The van der Waals surface area contributed by atoms with Crippen LogP contribution in [0.15, 0.2) is 53.9 Å². The highest BCUT2D eigenvalue weighted by Crippen LogP contribution is 2.27. The molecular formula is C22H18ClFN4OS. The Morgan fingerprint density at radius 1 is 1.13 bits per heavy atom. The van der Waals surface area contributed by atoms with Crippen molar-refractivity contribution in [3.05, 3.63) is 87.3 Å². The van der Waals surface area contributed by atoms with E-state index in [1.54, 1.807) is 19.1 Å². The molecule has 2 aromatic carbocycles. The highest BCUT2D eigenvalue weighted by atomic mass is 35.5. The van der Waals surface area contributed by atoms with Crippen LogP contribution in [0.4, 0.5) is 9.52 Å². The molecule has 152 valence electrons. The molecule has 1 N–H and O–H groups in total. The second-order valence-corrected chi connectivity index (χ2v) is 8.11. The number of rotatable bonds is 5. The first-order chi connectivity index (χ1) is 14.4. The molecule has 1 amide bonds. The van der Waals surface area contributed by atoms with E-state index in [4.69, 9.17) is 11.6 Å². The Labute approximate surface area is 182 Å². The summed E-state index contributed by atoms with van der Waals surface area (Å²) in [5, 5.41) is 9.78. The van der Waals surface area contributed by atoms with Gasteiger partial charge in [-0.3, -0.25) is 10.1 Å². The van der Waals surface area contributed by atoms with Crippen LogP contribution >= 0.6 is 22.9 Å². The van der Waals surface area contributed by atoms with Gasteiger partial charge in [-0.25, -0.2) is 14.1 Å². The zero-order valence-corrected chi connectivity index (χ0v) is 17.9. The molecule has 8 heteroatoms. The second-order valence-electron chi connectivity index (χ2n) is 6.89. The standard InChI is InChI=1S/C22H18ClFN4OS/c1-13-3-7-16(8-4-13)18-12-30-22(25-18)26-21(29)19-14(2)27-28(20(19)23)11-15-5-9-17(24)10-6-15/h3-10,12H,11H2,1-2H3,(H,25,26,29). The molecule has 0 aliphatic rings. The molecule has 2 aromatic heterocycles. The number of halogens is 2. The van der Waals surface area contributed by atoms with E-state index in [0.717, 1.165) is 16.8 Å². The largest absolute Gasteiger partial charge is 0.298 e. The molecule has 0 atom stereocenters. The molecule has 4 rings (SSSR count). The lowest BCUT2D eigenvalue weighted by atomic mass is 10.1. The minimum atomic E-state index is -0.368. The van der Waals surface area contributed by atoms with Crippen LogP contribution in [0.5, 0.6) is 0 Å². The number of carbonyl (C=O) groups is 1. The maximum absolute atomic E-state index is 13.1. The molecule has 30 heavy (non-hydrogen) atoms. The third kappa shape index (κ3) is 4.27. The van der Waals surface area contributed by atoms with Crippen molar-refractivity contribution in [2.24, 2.45) is 0 Å². The van der Waals surface area contributed by atoms with Crippen molar-refractivity contribution in [3.8, 4) is 11.3 Å². The number of hydrogen-bond acceptors (Lipinski definition) is 4. The first-order valence-electron chi connectivity index (χ1n) is 9.22. The number of amides is 1. The van der Waals surface area contributed by atoms with Crippen LogP contribution < -0.4 is 5.32 Å². The van der Waals surface area contributed by atoms with Crippen LogP contribution in [0.25, 0.3) is 11.3 Å². The van der Waals surface area contributed by atoms with Gasteiger partial charge in [0.05, 0.1) is 23.5 Å². The maximum Gasteiger partial charge on any atom is 0.262 e. The number of nitrogens with one attached hydrogen (secondary N) is 1. The summed E-state index contributed by atoms with van der Waals surface area (Å²) in [6, 6.07) is 14.1. The Morgan fingerprint density at radius 3 is 2.53 bits per heavy atom. The number of thiazole rings is 1. The molecule has 0 saturated carbocycles. The summed E-state index contributed by atoms with van der Waals surface area (Å²) in [4.78, 5) is 17.3. The molecule has 0 aliphatic carbocycles. The van der Waals surface area contributed by atoms with E-state index >= 15 is 0 Å². The number of benzene rings is 2. The average molecular weight is 441 g/mol. The molecule has 0 spiro atoms. The van der Waals surface area contributed by atoms with E-state index in [9.17, 15) is 9.18 Å². The molecule has 4 aromatic rings. The lowest BCUT2D eigenvalue weighted by Gasteiger charge is -2.04. The van der Waals surface area contributed by atoms with Crippen LogP contribution in [0.2, 0.25) is 5.15 Å². The van der Waals surface area contributed by atoms with Gasteiger partial charge in [-0.15, -0.1) is 11.3 Å². The summed E-state index contributed by atoms with van der Waals surface area (Å²) < 4.78 is 14.6. The first kappa shape index (κ1) is 20.3. The molecular weight excluding hydrogens is 423 g/mol. The van der Waals surface area contributed by atoms with Gasteiger partial charge in [-0.1, -0.05) is 53.6 Å². The van der Waals surface area contributed by atoms with E-state index in [-0.39, 0.29) is 16.9 Å². The zero-order chi connectivity index (χ0) is 21.3. The average Bonchev–Trinajstić information content (AvgIpc) is 3.28. The summed E-state index contributed by atoms with van der Waals surface area (Å²) in [5.74, 6) is -0.678. The summed E-state index contributed by atoms with van der Waals surface area (Å²) in [7, 11) is 0. The topological polar surface area (TPSA) is 59.8 Å². The van der Waals surface area contributed by atoms with E-state index in [1.807, 2.05) is 36.6 Å². The van der Waals surface area contributed by atoms with Crippen molar-refractivity contribution >= 4 is 34.0 Å². The quantitative estimate of drug-likeness (QED) is 0.432. The number of aromatic nitrogens is 3. The Balaban J connectivity index is 1.52. The van der Waals surface area contributed by atoms with Crippen molar-refractivity contribution < 1.29 is 9.18 Å². The lowest BCUT2D eigenvalue weighted by Crippen LogP contribution is -2.13. The highest BCUT2D eigenvalue weighted by molar-refractivity contribution is 7.14. The van der Waals surface area contributed by atoms with Crippen LogP contribution in [-0.2, 0) is 6.54 Å². The summed E-state index contributed by atoms with van der Waals surface area (Å²) in [6.07, 6.45) is 0. The van der Waals surface area contributed by atoms with Gasteiger partial charge < -0.3 is 0 Å². The number of nitrogens with zero attached hydrogens (tertiary/aromatic N) is 3. The number of carbonyl (C=O) groups excluding carboxylic acids is 1. The van der Waals surface area contributed by atoms with Crippen molar-refractivity contribution in [3.63, 3.8) is 0 Å². The molecule has 2 heterocycles. The Hall–Kier alpha value is -3.03. The molecule has 5 nitrogen and oxygen atoms in total. The van der Waals surface area contributed by atoms with Crippen molar-refractivity contribution in [1.29, 1.82) is 0 Å². The fourth-order valence-corrected chi connectivity index (χ4v) is 4.06. The summed E-state index contributed by atoms with van der Waals surface area (Å²) in [6.45, 7) is 4.09. The van der Waals surface area contributed by atoms with E-state index < -0.39 is 0 Å². The van der Waals surface area contributed by atoms with E-state index in [2.05, 4.69) is 15.4 Å². The third-order valence-corrected chi connectivity index (χ3v) is 5.75. The van der Waals surface area contributed by atoms with E-state index in [1.165, 1.54) is 33.7 Å². The fraction of sp³-hybridized carbons (Fsp3) is 0.136. The Kier molecular flexibility index (Phi) is 5.65. The number of aryl methyl sites for hydroxylation is 2.